The number of alkyl halides is 2. The Bertz CT molecular complexity index is 538. The van der Waals surface area contributed by atoms with E-state index in [1.165, 1.54) is 18.5 Å². The molecule has 1 heterocycles. The number of nitrogens with one attached hydrogen (secondary N) is 1. The molecule has 0 aliphatic rings. The normalized spacial score (nSPS) is 11.0. The van der Waals surface area contributed by atoms with E-state index < -0.39 is 6.61 Å². The molecule has 5 nitrogen and oxygen atoms in total. The Morgan fingerprint density at radius 1 is 1.40 bits per heavy atom. The zero-order chi connectivity index (χ0) is 14.4. The Balaban J connectivity index is 1.88. The lowest BCUT2D eigenvalue weighted by molar-refractivity contribution is -0.0504. The van der Waals surface area contributed by atoms with Crippen molar-refractivity contribution in [3.05, 3.63) is 41.0 Å². The van der Waals surface area contributed by atoms with Crippen molar-refractivity contribution in [1.29, 1.82) is 0 Å². The molecular weight excluding hydrogens is 292 g/mol. The molecule has 2 aromatic rings. The van der Waals surface area contributed by atoms with Gasteiger partial charge >= 0.3 is 6.61 Å². The van der Waals surface area contributed by atoms with E-state index in [9.17, 15) is 8.78 Å². The fraction of sp³-hybridized carbons (Fsp3) is 0.333. The van der Waals surface area contributed by atoms with Crippen LogP contribution in [0.25, 0.3) is 0 Å². The molecule has 0 atom stereocenters. The lowest BCUT2D eigenvalue weighted by Gasteiger charge is -2.11. The van der Waals surface area contributed by atoms with Gasteiger partial charge in [0.25, 0.3) is 0 Å². The summed E-state index contributed by atoms with van der Waals surface area (Å²) in [5.74, 6) is 0.613. The van der Waals surface area contributed by atoms with Gasteiger partial charge in [0.15, 0.2) is 6.33 Å². The lowest BCUT2D eigenvalue weighted by atomic mass is 10.2. The quantitative estimate of drug-likeness (QED) is 0.797. The second-order valence-corrected chi connectivity index (χ2v) is 4.33. The summed E-state index contributed by atoms with van der Waals surface area (Å²) in [6.45, 7) is -1.96. The molecule has 0 bridgehead atoms. The summed E-state index contributed by atoms with van der Waals surface area (Å²) in [5.41, 5.74) is 0.559. The Morgan fingerprint density at radius 2 is 2.25 bits per heavy atom. The van der Waals surface area contributed by atoms with Crippen LogP contribution in [0.15, 0.2) is 29.0 Å². The highest BCUT2D eigenvalue weighted by atomic mass is 35.5. The molecule has 2 rings (SSSR count). The van der Waals surface area contributed by atoms with Gasteiger partial charge in [-0.15, -0.1) is 0 Å². The first-order valence-corrected chi connectivity index (χ1v) is 6.22. The molecule has 0 spiro atoms. The summed E-state index contributed by atoms with van der Waals surface area (Å²) in [6, 6.07) is 4.50. The second-order valence-electron chi connectivity index (χ2n) is 3.89. The molecule has 20 heavy (non-hydrogen) atoms. The molecule has 1 aromatic heterocycles. The molecule has 0 fully saturated rings. The van der Waals surface area contributed by atoms with Gasteiger partial charge in [0.2, 0.25) is 5.89 Å². The fourth-order valence-electron chi connectivity index (χ4n) is 1.62. The predicted molar refractivity (Wildman–Crippen MR) is 67.8 cm³/mol. The molecule has 0 amide bonds. The molecule has 0 unspecified atom stereocenters. The summed E-state index contributed by atoms with van der Waals surface area (Å²) in [7, 11) is 0. The average molecular weight is 304 g/mol. The lowest BCUT2D eigenvalue weighted by Crippen LogP contribution is -2.18. The Hall–Kier alpha value is -1.73. The molecule has 1 aromatic carbocycles. The average Bonchev–Trinajstić information content (AvgIpc) is 2.90. The van der Waals surface area contributed by atoms with Gasteiger partial charge in [-0.3, -0.25) is 0 Å². The number of hydrogen-bond donors (Lipinski definition) is 1. The third kappa shape index (κ3) is 4.43. The Labute approximate surface area is 118 Å². The maximum Gasteiger partial charge on any atom is 0.387 e. The van der Waals surface area contributed by atoms with Crippen molar-refractivity contribution < 1.29 is 18.0 Å². The van der Waals surface area contributed by atoms with Gasteiger partial charge in [-0.25, -0.2) is 0 Å². The topological polar surface area (TPSA) is 60.2 Å². The molecule has 0 saturated carbocycles. The maximum atomic E-state index is 12.3. The highest BCUT2D eigenvalue weighted by molar-refractivity contribution is 6.30. The van der Waals surface area contributed by atoms with Crippen LogP contribution in [0.1, 0.15) is 11.5 Å². The zero-order valence-corrected chi connectivity index (χ0v) is 11.1. The summed E-state index contributed by atoms with van der Waals surface area (Å²) in [4.78, 5) is 3.87. The predicted octanol–water partition coefficient (Wildman–Crippen LogP) is 2.66. The molecule has 0 radical (unpaired) electrons. The standard InChI is InChI=1S/C12H12ClF2N3O2/c13-9-1-2-10(19-12(14)15)8(5-9)6-16-4-3-11-17-7-18-20-11/h1-2,5,7,12,16H,3-4,6H2. The number of aromatic nitrogens is 2. The van der Waals surface area contributed by atoms with Crippen LogP contribution in [0.2, 0.25) is 5.02 Å². The SMILES string of the molecule is FC(F)Oc1ccc(Cl)cc1CNCCc1ncno1. The number of hydrogen-bond acceptors (Lipinski definition) is 5. The largest absolute Gasteiger partial charge is 0.434 e. The highest BCUT2D eigenvalue weighted by Gasteiger charge is 2.10. The van der Waals surface area contributed by atoms with Gasteiger partial charge in [-0.1, -0.05) is 16.8 Å². The highest BCUT2D eigenvalue weighted by Crippen LogP contribution is 2.24. The van der Waals surface area contributed by atoms with E-state index in [1.54, 1.807) is 6.07 Å². The number of benzene rings is 1. The first kappa shape index (κ1) is 14.7. The zero-order valence-electron chi connectivity index (χ0n) is 10.4. The minimum atomic E-state index is -2.87. The molecular formula is C12H12ClF2N3O2. The summed E-state index contributed by atoms with van der Waals surface area (Å²) >= 11 is 5.84. The molecule has 0 aliphatic heterocycles. The minimum Gasteiger partial charge on any atom is -0.434 e. The third-order valence-electron chi connectivity index (χ3n) is 2.48. The third-order valence-corrected chi connectivity index (χ3v) is 2.71. The summed E-state index contributed by atoms with van der Waals surface area (Å²) in [5, 5.41) is 7.01. The van der Waals surface area contributed by atoms with Crippen LogP contribution in [0.4, 0.5) is 8.78 Å². The van der Waals surface area contributed by atoms with Crippen molar-refractivity contribution in [1.82, 2.24) is 15.5 Å². The van der Waals surface area contributed by atoms with E-state index in [0.29, 0.717) is 36.0 Å². The monoisotopic (exact) mass is 303 g/mol. The van der Waals surface area contributed by atoms with Gasteiger partial charge in [-0.2, -0.15) is 13.8 Å². The molecule has 0 saturated heterocycles. The van der Waals surface area contributed by atoms with Crippen molar-refractivity contribution in [2.24, 2.45) is 0 Å². The maximum absolute atomic E-state index is 12.3. The van der Waals surface area contributed by atoms with Gasteiger partial charge in [0, 0.05) is 30.1 Å². The summed E-state index contributed by atoms with van der Waals surface area (Å²) < 4.78 is 33.8. The molecule has 1 N–H and O–H groups in total. The Morgan fingerprint density at radius 3 is 2.95 bits per heavy atom. The van der Waals surface area contributed by atoms with Crippen LogP contribution in [0.5, 0.6) is 5.75 Å². The van der Waals surface area contributed by atoms with Crippen molar-refractivity contribution in [3.63, 3.8) is 0 Å². The van der Waals surface area contributed by atoms with Crippen LogP contribution < -0.4 is 10.1 Å². The van der Waals surface area contributed by atoms with Gasteiger partial charge < -0.3 is 14.6 Å². The van der Waals surface area contributed by atoms with Crippen molar-refractivity contribution >= 4 is 11.6 Å². The number of halogens is 3. The van der Waals surface area contributed by atoms with Crippen LogP contribution in [0, 0.1) is 0 Å². The van der Waals surface area contributed by atoms with E-state index >= 15 is 0 Å². The molecule has 0 aliphatic carbocycles. The van der Waals surface area contributed by atoms with Crippen molar-refractivity contribution in [3.8, 4) is 5.75 Å². The van der Waals surface area contributed by atoms with E-state index in [1.807, 2.05) is 0 Å². The van der Waals surface area contributed by atoms with Crippen LogP contribution in [0.3, 0.4) is 0 Å². The van der Waals surface area contributed by atoms with Crippen molar-refractivity contribution in [2.45, 2.75) is 19.6 Å². The first-order chi connectivity index (χ1) is 9.65. The van der Waals surface area contributed by atoms with E-state index in [0.717, 1.165) is 0 Å². The first-order valence-electron chi connectivity index (χ1n) is 5.84. The van der Waals surface area contributed by atoms with Gasteiger partial charge in [-0.05, 0) is 18.2 Å². The summed E-state index contributed by atoms with van der Waals surface area (Å²) in [6.07, 6.45) is 1.87. The van der Waals surface area contributed by atoms with Crippen LogP contribution in [-0.4, -0.2) is 23.3 Å². The minimum absolute atomic E-state index is 0.106. The fourth-order valence-corrected chi connectivity index (χ4v) is 1.82. The Kier molecular flexibility index (Phi) is 5.25. The second kappa shape index (κ2) is 7.16. The number of rotatable bonds is 7. The van der Waals surface area contributed by atoms with Crippen molar-refractivity contribution in [2.75, 3.05) is 6.54 Å². The molecule has 108 valence electrons. The van der Waals surface area contributed by atoms with E-state index in [4.69, 9.17) is 16.1 Å². The van der Waals surface area contributed by atoms with Crippen LogP contribution in [-0.2, 0) is 13.0 Å². The van der Waals surface area contributed by atoms with Gasteiger partial charge in [0.1, 0.15) is 5.75 Å². The number of nitrogens with zero attached hydrogens (tertiary/aromatic N) is 2. The van der Waals surface area contributed by atoms with E-state index in [2.05, 4.69) is 20.2 Å². The van der Waals surface area contributed by atoms with Gasteiger partial charge in [0.05, 0.1) is 0 Å². The molecule has 8 heteroatoms. The van der Waals surface area contributed by atoms with E-state index in [-0.39, 0.29) is 5.75 Å². The number of ether oxygens (including phenoxy) is 1. The smallest absolute Gasteiger partial charge is 0.387 e. The van der Waals surface area contributed by atoms with Crippen LogP contribution >= 0.6 is 11.6 Å².